The Morgan fingerprint density at radius 3 is 2.42 bits per heavy atom. The first-order chi connectivity index (χ1) is 16.1. The standard InChI is InChI=1S/C26H34N4O3/c27-22-9-5-10-23(19-22)28-26(32)30-15-13-29(14-16-30)25(31)21-8-4-11-24(18-21)33-17-12-20-6-2-1-3-7-20/h4-5,8-11,18-20H,1-3,6-7,12-17,27H2,(H,28,32). The minimum absolute atomic E-state index is 0.0244. The maximum atomic E-state index is 13.0. The zero-order valence-electron chi connectivity index (χ0n) is 19.2. The fraction of sp³-hybridized carbons (Fsp3) is 0.462. The van der Waals surface area contributed by atoms with Crippen LogP contribution in [0.3, 0.4) is 0 Å². The number of nitrogens with zero attached hydrogens (tertiary/aromatic N) is 2. The number of nitrogens with two attached hydrogens (primary N) is 1. The lowest BCUT2D eigenvalue weighted by Gasteiger charge is -2.34. The molecule has 33 heavy (non-hydrogen) atoms. The molecule has 0 aromatic heterocycles. The van der Waals surface area contributed by atoms with Gasteiger partial charge in [0.25, 0.3) is 5.91 Å². The number of amides is 3. The normalized spacial score (nSPS) is 17.0. The monoisotopic (exact) mass is 450 g/mol. The van der Waals surface area contributed by atoms with Crippen molar-refractivity contribution in [1.29, 1.82) is 0 Å². The number of rotatable bonds is 6. The van der Waals surface area contributed by atoms with Crippen molar-refractivity contribution in [2.45, 2.75) is 38.5 Å². The van der Waals surface area contributed by atoms with Gasteiger partial charge in [-0.25, -0.2) is 4.79 Å². The molecule has 3 amide bonds. The number of ether oxygens (including phenoxy) is 1. The number of hydrogen-bond acceptors (Lipinski definition) is 4. The Bertz CT molecular complexity index is 950. The zero-order valence-corrected chi connectivity index (χ0v) is 19.2. The van der Waals surface area contributed by atoms with Gasteiger partial charge in [0.2, 0.25) is 0 Å². The number of carbonyl (C=O) groups excluding carboxylic acids is 2. The number of carbonyl (C=O) groups is 2. The second kappa shape index (κ2) is 11.1. The number of urea groups is 1. The van der Waals surface area contributed by atoms with Gasteiger partial charge in [0.1, 0.15) is 5.75 Å². The highest BCUT2D eigenvalue weighted by molar-refractivity contribution is 5.95. The fourth-order valence-corrected chi connectivity index (χ4v) is 4.65. The number of nitrogens with one attached hydrogen (secondary N) is 1. The summed E-state index contributed by atoms with van der Waals surface area (Å²) in [6.07, 6.45) is 7.74. The number of nitrogen functional groups attached to an aromatic ring is 1. The van der Waals surface area contributed by atoms with Gasteiger partial charge in [0.15, 0.2) is 0 Å². The summed E-state index contributed by atoms with van der Waals surface area (Å²) in [7, 11) is 0. The van der Waals surface area contributed by atoms with E-state index >= 15 is 0 Å². The molecule has 7 heteroatoms. The number of anilines is 2. The molecule has 2 aliphatic rings. The van der Waals surface area contributed by atoms with Gasteiger partial charge in [-0.15, -0.1) is 0 Å². The second-order valence-electron chi connectivity index (χ2n) is 9.00. The molecular weight excluding hydrogens is 416 g/mol. The van der Waals surface area contributed by atoms with Gasteiger partial charge in [-0.3, -0.25) is 4.79 Å². The van der Waals surface area contributed by atoms with Crippen LogP contribution >= 0.6 is 0 Å². The first-order valence-corrected chi connectivity index (χ1v) is 12.0. The molecular formula is C26H34N4O3. The average Bonchev–Trinajstić information content (AvgIpc) is 2.84. The van der Waals surface area contributed by atoms with Gasteiger partial charge in [-0.2, -0.15) is 0 Å². The van der Waals surface area contributed by atoms with Crippen LogP contribution in [-0.2, 0) is 0 Å². The quantitative estimate of drug-likeness (QED) is 0.629. The number of hydrogen-bond donors (Lipinski definition) is 2. The van der Waals surface area contributed by atoms with Gasteiger partial charge >= 0.3 is 6.03 Å². The molecule has 176 valence electrons. The van der Waals surface area contributed by atoms with Crippen LogP contribution in [0.15, 0.2) is 48.5 Å². The highest BCUT2D eigenvalue weighted by Crippen LogP contribution is 2.26. The van der Waals surface area contributed by atoms with Crippen LogP contribution in [0.2, 0.25) is 0 Å². The average molecular weight is 451 g/mol. The molecule has 0 radical (unpaired) electrons. The fourth-order valence-electron chi connectivity index (χ4n) is 4.65. The van der Waals surface area contributed by atoms with Crippen molar-refractivity contribution < 1.29 is 14.3 Å². The van der Waals surface area contributed by atoms with Crippen LogP contribution in [-0.4, -0.2) is 54.5 Å². The molecule has 2 aromatic carbocycles. The van der Waals surface area contributed by atoms with Gasteiger partial charge in [0.05, 0.1) is 6.61 Å². The Labute approximate surface area is 195 Å². The summed E-state index contributed by atoms with van der Waals surface area (Å²) in [4.78, 5) is 29.1. The molecule has 0 unspecified atom stereocenters. The van der Waals surface area contributed by atoms with E-state index in [0.717, 1.165) is 18.1 Å². The van der Waals surface area contributed by atoms with E-state index in [-0.39, 0.29) is 11.9 Å². The van der Waals surface area contributed by atoms with Crippen molar-refractivity contribution in [3.05, 3.63) is 54.1 Å². The molecule has 1 aliphatic heterocycles. The molecule has 1 heterocycles. The topological polar surface area (TPSA) is 87.9 Å². The van der Waals surface area contributed by atoms with Gasteiger partial charge < -0.3 is 25.6 Å². The van der Waals surface area contributed by atoms with Crippen molar-refractivity contribution in [2.75, 3.05) is 43.8 Å². The summed E-state index contributed by atoms with van der Waals surface area (Å²) in [5.41, 5.74) is 7.67. The largest absolute Gasteiger partial charge is 0.494 e. The molecule has 2 fully saturated rings. The second-order valence-corrected chi connectivity index (χ2v) is 9.00. The lowest BCUT2D eigenvalue weighted by Crippen LogP contribution is -2.51. The predicted octanol–water partition coefficient (Wildman–Crippen LogP) is 4.61. The highest BCUT2D eigenvalue weighted by atomic mass is 16.5. The molecule has 1 saturated heterocycles. The maximum absolute atomic E-state index is 13.0. The van der Waals surface area contributed by atoms with E-state index in [1.807, 2.05) is 24.3 Å². The molecule has 0 spiro atoms. The van der Waals surface area contributed by atoms with Crippen LogP contribution in [0, 0.1) is 5.92 Å². The first-order valence-electron chi connectivity index (χ1n) is 12.0. The highest BCUT2D eigenvalue weighted by Gasteiger charge is 2.25. The van der Waals surface area contributed by atoms with E-state index in [1.165, 1.54) is 32.1 Å². The van der Waals surface area contributed by atoms with Gasteiger partial charge in [0, 0.05) is 43.1 Å². The Balaban J connectivity index is 1.25. The van der Waals surface area contributed by atoms with Gasteiger partial charge in [-0.05, 0) is 48.7 Å². The smallest absolute Gasteiger partial charge is 0.321 e. The summed E-state index contributed by atoms with van der Waals surface area (Å²) in [5.74, 6) is 1.50. The minimum Gasteiger partial charge on any atom is -0.494 e. The van der Waals surface area contributed by atoms with Crippen LogP contribution in [0.5, 0.6) is 5.75 Å². The van der Waals surface area contributed by atoms with E-state index < -0.39 is 0 Å². The summed E-state index contributed by atoms with van der Waals surface area (Å²) < 4.78 is 5.96. The Morgan fingerprint density at radius 2 is 1.67 bits per heavy atom. The van der Waals surface area contributed by atoms with Gasteiger partial charge in [-0.1, -0.05) is 44.2 Å². The third kappa shape index (κ3) is 6.40. The summed E-state index contributed by atoms with van der Waals surface area (Å²) in [6, 6.07) is 14.4. The SMILES string of the molecule is Nc1cccc(NC(=O)N2CCN(C(=O)c3cccc(OCCC4CCCCC4)c3)CC2)c1. The molecule has 0 bridgehead atoms. The van der Waals surface area contributed by atoms with Crippen LogP contribution in [0.25, 0.3) is 0 Å². The summed E-state index contributed by atoms with van der Waals surface area (Å²) in [6.45, 7) is 2.66. The lowest BCUT2D eigenvalue weighted by molar-refractivity contribution is 0.0671. The Hall–Kier alpha value is -3.22. The molecule has 4 rings (SSSR count). The van der Waals surface area contributed by atoms with Crippen molar-refractivity contribution in [3.8, 4) is 5.75 Å². The molecule has 2 aromatic rings. The minimum atomic E-state index is -0.180. The number of benzene rings is 2. The molecule has 1 saturated carbocycles. The molecule has 7 nitrogen and oxygen atoms in total. The van der Waals surface area contributed by atoms with E-state index in [0.29, 0.717) is 49.7 Å². The van der Waals surface area contributed by atoms with E-state index in [9.17, 15) is 9.59 Å². The van der Waals surface area contributed by atoms with Crippen LogP contribution in [0.1, 0.15) is 48.9 Å². The van der Waals surface area contributed by atoms with Crippen LogP contribution in [0.4, 0.5) is 16.2 Å². The van der Waals surface area contributed by atoms with Crippen molar-refractivity contribution in [3.63, 3.8) is 0 Å². The van der Waals surface area contributed by atoms with Crippen molar-refractivity contribution in [1.82, 2.24) is 9.80 Å². The number of piperazine rings is 1. The third-order valence-corrected chi connectivity index (χ3v) is 6.59. The zero-order chi connectivity index (χ0) is 23.0. The van der Waals surface area contributed by atoms with E-state index in [1.54, 1.807) is 34.1 Å². The lowest BCUT2D eigenvalue weighted by atomic mass is 9.87. The molecule has 3 N–H and O–H groups in total. The molecule has 0 atom stereocenters. The maximum Gasteiger partial charge on any atom is 0.321 e. The van der Waals surface area contributed by atoms with Crippen molar-refractivity contribution >= 4 is 23.3 Å². The van der Waals surface area contributed by atoms with E-state index in [4.69, 9.17) is 10.5 Å². The third-order valence-electron chi connectivity index (χ3n) is 6.59. The van der Waals surface area contributed by atoms with E-state index in [2.05, 4.69) is 5.32 Å². The van der Waals surface area contributed by atoms with Crippen LogP contribution < -0.4 is 15.8 Å². The first kappa shape index (κ1) is 23.0. The summed E-state index contributed by atoms with van der Waals surface area (Å²) >= 11 is 0. The summed E-state index contributed by atoms with van der Waals surface area (Å²) in [5, 5.41) is 2.87. The van der Waals surface area contributed by atoms with Crippen molar-refractivity contribution in [2.24, 2.45) is 5.92 Å². The predicted molar refractivity (Wildman–Crippen MR) is 130 cm³/mol. The Kier molecular flexibility index (Phi) is 7.70. The Morgan fingerprint density at radius 1 is 0.939 bits per heavy atom. The molecule has 1 aliphatic carbocycles.